The number of hydrogen-bond donors (Lipinski definition) is 1. The number of aliphatic hydroxyl groups is 1. The molecule has 0 aromatic heterocycles. The summed E-state index contributed by atoms with van der Waals surface area (Å²) in [4.78, 5) is 13.4. The molecule has 4 nitrogen and oxygen atoms in total. The maximum atomic E-state index is 13.4. The summed E-state index contributed by atoms with van der Waals surface area (Å²) in [5.74, 6) is -0.564. The Balaban J connectivity index is 0.00000256. The van der Waals surface area contributed by atoms with Crippen LogP contribution in [0.15, 0.2) is 60.7 Å². The minimum atomic E-state index is -1.79. The second kappa shape index (κ2) is 9.21. The molecule has 0 radical (unpaired) electrons. The van der Waals surface area contributed by atoms with Gasteiger partial charge in [-0.3, -0.25) is 0 Å². The van der Waals surface area contributed by atoms with Crippen LogP contribution in [-0.2, 0) is 15.1 Å². The smallest absolute Gasteiger partial charge is 0.347 e. The highest BCUT2D eigenvalue weighted by Crippen LogP contribution is 2.43. The SMILES string of the molecule is CCC[N+]1(C)C2CCC1CC(OC(=O)C(O)(c1ccccc1)c1ccccc1)C2.[Br-]. The molecule has 2 unspecified atom stereocenters. The van der Waals surface area contributed by atoms with Gasteiger partial charge in [0.2, 0.25) is 5.60 Å². The van der Waals surface area contributed by atoms with E-state index in [1.165, 1.54) is 25.8 Å². The number of piperidine rings is 1. The molecule has 2 aromatic carbocycles. The lowest BCUT2D eigenvalue weighted by Gasteiger charge is -2.47. The van der Waals surface area contributed by atoms with E-state index < -0.39 is 11.6 Å². The Morgan fingerprint density at radius 3 is 1.90 bits per heavy atom. The molecule has 4 rings (SSSR count). The van der Waals surface area contributed by atoms with Crippen LogP contribution in [0.2, 0.25) is 0 Å². The molecule has 0 aliphatic carbocycles. The van der Waals surface area contributed by atoms with E-state index in [1.54, 1.807) is 24.3 Å². The van der Waals surface area contributed by atoms with E-state index >= 15 is 0 Å². The van der Waals surface area contributed by atoms with Gasteiger partial charge in [0.05, 0.1) is 25.7 Å². The van der Waals surface area contributed by atoms with Crippen LogP contribution < -0.4 is 17.0 Å². The van der Waals surface area contributed by atoms with Gasteiger partial charge in [0, 0.05) is 25.7 Å². The van der Waals surface area contributed by atoms with E-state index in [9.17, 15) is 9.90 Å². The molecule has 0 amide bonds. The van der Waals surface area contributed by atoms with E-state index in [2.05, 4.69) is 14.0 Å². The predicted octanol–water partition coefficient (Wildman–Crippen LogP) is 1.02. The molecule has 30 heavy (non-hydrogen) atoms. The number of esters is 1. The Labute approximate surface area is 190 Å². The van der Waals surface area contributed by atoms with E-state index in [4.69, 9.17) is 4.74 Å². The monoisotopic (exact) mass is 473 g/mol. The molecular formula is C25H32BrNO3. The summed E-state index contributed by atoms with van der Waals surface area (Å²) in [5, 5.41) is 11.6. The molecule has 2 aliphatic rings. The summed E-state index contributed by atoms with van der Waals surface area (Å²) < 4.78 is 7.14. The summed E-state index contributed by atoms with van der Waals surface area (Å²) in [5.41, 5.74) is -0.705. The molecular weight excluding hydrogens is 442 g/mol. The second-order valence-corrected chi connectivity index (χ2v) is 8.90. The molecule has 0 saturated carbocycles. The van der Waals surface area contributed by atoms with Crippen LogP contribution in [0.25, 0.3) is 0 Å². The minimum Gasteiger partial charge on any atom is -1.00 e. The van der Waals surface area contributed by atoms with Gasteiger partial charge in [0.25, 0.3) is 0 Å². The summed E-state index contributed by atoms with van der Waals surface area (Å²) in [6, 6.07) is 19.4. The fourth-order valence-corrected chi connectivity index (χ4v) is 5.63. The molecule has 0 spiro atoms. The quantitative estimate of drug-likeness (QED) is 0.503. The van der Waals surface area contributed by atoms with Crippen LogP contribution in [0.1, 0.15) is 50.2 Å². The third-order valence-electron chi connectivity index (χ3n) is 7.23. The second-order valence-electron chi connectivity index (χ2n) is 8.90. The highest BCUT2D eigenvalue weighted by Gasteiger charge is 2.53. The number of ether oxygens (including phenoxy) is 1. The van der Waals surface area contributed by atoms with Crippen molar-refractivity contribution in [3.63, 3.8) is 0 Å². The number of hydrogen-bond acceptors (Lipinski definition) is 3. The van der Waals surface area contributed by atoms with Crippen LogP contribution in [0.5, 0.6) is 0 Å². The van der Waals surface area contributed by atoms with Gasteiger partial charge < -0.3 is 31.3 Å². The zero-order valence-electron chi connectivity index (χ0n) is 17.8. The Morgan fingerprint density at radius 1 is 1.00 bits per heavy atom. The van der Waals surface area contributed by atoms with Crippen LogP contribution in [0, 0.1) is 0 Å². The molecule has 1 N–H and O–H groups in total. The minimum absolute atomic E-state index is 0. The summed E-state index contributed by atoms with van der Waals surface area (Å²) in [6.07, 6.45) is 5.24. The van der Waals surface area contributed by atoms with Crippen molar-refractivity contribution in [1.82, 2.24) is 0 Å². The van der Waals surface area contributed by atoms with Gasteiger partial charge in [-0.05, 0) is 17.5 Å². The first-order chi connectivity index (χ1) is 14.0. The normalized spacial score (nSPS) is 27.9. The van der Waals surface area contributed by atoms with E-state index in [1.807, 2.05) is 36.4 Å². The van der Waals surface area contributed by atoms with Crippen molar-refractivity contribution in [2.75, 3.05) is 13.6 Å². The standard InChI is InChI=1S/C25H32NO3.BrH/c1-3-16-26(2)21-14-15-22(26)18-23(17-21)29-24(27)25(28,19-10-6-4-7-11-19)20-12-8-5-9-13-20;/h4-13,21-23,28H,3,14-18H2,1-2H3;1H/q+1;/p-1. The average Bonchev–Trinajstić information content (AvgIpc) is 2.91. The Hall–Kier alpha value is -1.69. The number of benzene rings is 2. The number of quaternary nitrogens is 1. The summed E-state index contributed by atoms with van der Waals surface area (Å²) in [6.45, 7) is 3.43. The molecule has 2 aromatic rings. The van der Waals surface area contributed by atoms with Crippen molar-refractivity contribution in [3.8, 4) is 0 Å². The predicted molar refractivity (Wildman–Crippen MR) is 113 cm³/mol. The molecule has 2 heterocycles. The number of carbonyl (C=O) groups excluding carboxylic acids is 1. The van der Waals surface area contributed by atoms with Crippen molar-refractivity contribution in [2.45, 2.75) is 62.8 Å². The lowest BCUT2D eigenvalue weighted by Crippen LogP contribution is -3.00. The fourth-order valence-electron chi connectivity index (χ4n) is 5.63. The van der Waals surface area contributed by atoms with Crippen molar-refractivity contribution in [1.29, 1.82) is 0 Å². The molecule has 162 valence electrons. The number of nitrogens with zero attached hydrogens (tertiary/aromatic N) is 1. The van der Waals surface area contributed by atoms with Crippen LogP contribution in [0.4, 0.5) is 0 Å². The van der Waals surface area contributed by atoms with Gasteiger partial charge in [-0.25, -0.2) is 4.79 Å². The van der Waals surface area contributed by atoms with Crippen LogP contribution >= 0.6 is 0 Å². The zero-order chi connectivity index (χ0) is 20.5. The number of halogens is 1. The van der Waals surface area contributed by atoms with Gasteiger partial charge in [-0.15, -0.1) is 0 Å². The zero-order valence-corrected chi connectivity index (χ0v) is 19.4. The van der Waals surface area contributed by atoms with Gasteiger partial charge in [0.1, 0.15) is 6.10 Å². The first kappa shape index (κ1) is 23.0. The van der Waals surface area contributed by atoms with Crippen LogP contribution in [-0.4, -0.2) is 47.3 Å². The Bertz CT molecular complexity index is 788. The van der Waals surface area contributed by atoms with E-state index in [0.29, 0.717) is 23.2 Å². The fraction of sp³-hybridized carbons (Fsp3) is 0.480. The third-order valence-corrected chi connectivity index (χ3v) is 7.23. The van der Waals surface area contributed by atoms with Crippen molar-refractivity contribution in [2.24, 2.45) is 0 Å². The largest absolute Gasteiger partial charge is 1.00 e. The first-order valence-electron chi connectivity index (χ1n) is 10.9. The highest BCUT2D eigenvalue weighted by molar-refractivity contribution is 5.85. The van der Waals surface area contributed by atoms with Gasteiger partial charge in [-0.1, -0.05) is 67.6 Å². The highest BCUT2D eigenvalue weighted by atomic mass is 79.9. The molecule has 2 bridgehead atoms. The maximum absolute atomic E-state index is 13.4. The van der Waals surface area contributed by atoms with Gasteiger partial charge >= 0.3 is 5.97 Å². The molecule has 2 atom stereocenters. The molecule has 2 aliphatic heterocycles. The first-order valence-corrected chi connectivity index (χ1v) is 10.9. The van der Waals surface area contributed by atoms with Crippen LogP contribution in [0.3, 0.4) is 0 Å². The summed E-state index contributed by atoms with van der Waals surface area (Å²) in [7, 11) is 2.37. The third kappa shape index (κ3) is 3.95. The number of rotatable bonds is 6. The maximum Gasteiger partial charge on any atom is 0.347 e. The van der Waals surface area contributed by atoms with E-state index in [0.717, 1.165) is 17.3 Å². The van der Waals surface area contributed by atoms with Gasteiger partial charge in [-0.2, -0.15) is 0 Å². The molecule has 5 heteroatoms. The Morgan fingerprint density at radius 2 is 1.47 bits per heavy atom. The van der Waals surface area contributed by atoms with E-state index in [-0.39, 0.29) is 23.1 Å². The topological polar surface area (TPSA) is 46.5 Å². The van der Waals surface area contributed by atoms with Crippen molar-refractivity contribution in [3.05, 3.63) is 71.8 Å². The molecule has 2 fully saturated rings. The summed E-state index contributed by atoms with van der Waals surface area (Å²) >= 11 is 0. The van der Waals surface area contributed by atoms with Crippen molar-refractivity contribution < 1.29 is 36.1 Å². The lowest BCUT2D eigenvalue weighted by molar-refractivity contribution is -0.949. The van der Waals surface area contributed by atoms with Gasteiger partial charge in [0.15, 0.2) is 0 Å². The number of fused-ring (bicyclic) bond motifs is 2. The number of carbonyl (C=O) groups is 1. The average molecular weight is 474 g/mol. The van der Waals surface area contributed by atoms with Crippen molar-refractivity contribution >= 4 is 5.97 Å². The molecule has 2 saturated heterocycles. The Kier molecular flexibility index (Phi) is 7.05. The lowest BCUT2D eigenvalue weighted by atomic mass is 9.86.